The zero-order chi connectivity index (χ0) is 12.3. The molecule has 1 heterocycles. The third-order valence-electron chi connectivity index (χ3n) is 1.68. The van der Waals surface area contributed by atoms with Crippen molar-refractivity contribution in [2.75, 3.05) is 10.8 Å². The maximum atomic E-state index is 11.1. The van der Waals surface area contributed by atoms with Gasteiger partial charge in [0.15, 0.2) is 0 Å². The topological polar surface area (TPSA) is 103 Å². The van der Waals surface area contributed by atoms with Crippen LogP contribution in [0.2, 0.25) is 0 Å². The van der Waals surface area contributed by atoms with Gasteiger partial charge in [-0.2, -0.15) is 0 Å². The number of nitrogens with zero attached hydrogens (tertiary/aromatic N) is 2. The Hall–Kier alpha value is -0.942. The molecule has 0 aliphatic rings. The van der Waals surface area contributed by atoms with Gasteiger partial charge >= 0.3 is 100 Å². The summed E-state index contributed by atoms with van der Waals surface area (Å²) in [5.41, 5.74) is 5.39. The minimum absolute atomic E-state index is 0.0593. The Bertz CT molecular complexity index is 515. The molecule has 0 fully saturated rings. The number of aromatic nitrogens is 2. The summed E-state index contributed by atoms with van der Waals surface area (Å²) >= 11 is -1.02. The van der Waals surface area contributed by atoms with Gasteiger partial charge in [-0.1, -0.05) is 0 Å². The second-order valence-electron chi connectivity index (χ2n) is 3.29. The van der Waals surface area contributed by atoms with Gasteiger partial charge < -0.3 is 0 Å². The van der Waals surface area contributed by atoms with E-state index in [1.807, 2.05) is 0 Å². The number of carbonyl (C=O) groups is 1. The molecule has 0 aromatic carbocycles. The average molecular weight is 305 g/mol. The van der Waals surface area contributed by atoms with Crippen LogP contribution in [0, 0.1) is 6.92 Å². The molecule has 6 nitrogen and oxygen atoms in total. The summed E-state index contributed by atoms with van der Waals surface area (Å²) in [6, 6.07) is 0. The van der Waals surface area contributed by atoms with Gasteiger partial charge in [-0.25, -0.2) is 0 Å². The summed E-state index contributed by atoms with van der Waals surface area (Å²) in [7, 11) is -3.03. The summed E-state index contributed by atoms with van der Waals surface area (Å²) in [5.74, 6) is -0.107. The van der Waals surface area contributed by atoms with Crippen molar-refractivity contribution >= 4 is 36.0 Å². The predicted molar refractivity (Wildman–Crippen MR) is 61.8 cm³/mol. The van der Waals surface area contributed by atoms with E-state index in [4.69, 9.17) is 5.73 Å². The van der Waals surface area contributed by atoms with E-state index in [-0.39, 0.29) is 10.1 Å². The summed E-state index contributed by atoms with van der Waals surface area (Å²) in [6.07, 6.45) is 2.51. The Kier molecular flexibility index (Phi) is 4.04. The van der Waals surface area contributed by atoms with Gasteiger partial charge in [0.2, 0.25) is 0 Å². The van der Waals surface area contributed by atoms with Crippen LogP contribution in [0.4, 0.5) is 0 Å². The summed E-state index contributed by atoms with van der Waals surface area (Å²) in [4.78, 5) is 19.0. The summed E-state index contributed by atoms with van der Waals surface area (Å²) < 4.78 is 22.6. The molecule has 1 aromatic heterocycles. The van der Waals surface area contributed by atoms with E-state index < -0.39 is 31.5 Å². The van der Waals surface area contributed by atoms with E-state index in [2.05, 4.69) is 9.97 Å². The van der Waals surface area contributed by atoms with Crippen molar-refractivity contribution in [3.63, 3.8) is 0 Å². The first-order chi connectivity index (χ1) is 7.29. The fraction of sp³-hybridized carbons (Fsp3) is 0.375. The van der Waals surface area contributed by atoms with Crippen molar-refractivity contribution in [1.29, 1.82) is 0 Å². The molecule has 0 bridgehead atoms. The van der Waals surface area contributed by atoms with Crippen LogP contribution in [-0.2, 0) is 9.84 Å². The Morgan fingerprint density at radius 2 is 2.19 bits per heavy atom. The van der Waals surface area contributed by atoms with E-state index in [0.717, 1.165) is 6.26 Å². The molecule has 0 aliphatic carbocycles. The van der Waals surface area contributed by atoms with Crippen LogP contribution in [0.25, 0.3) is 0 Å². The van der Waals surface area contributed by atoms with Gasteiger partial charge in [0.05, 0.1) is 0 Å². The predicted octanol–water partition coefficient (Wildman–Crippen LogP) is -2.05. The molecule has 88 valence electrons. The van der Waals surface area contributed by atoms with Gasteiger partial charge in [0.25, 0.3) is 0 Å². The zero-order valence-electron chi connectivity index (χ0n) is 8.89. The monoisotopic (exact) mass is 305 g/mol. The Balaban J connectivity index is 3.01. The van der Waals surface area contributed by atoms with E-state index in [0.29, 0.717) is 10.3 Å². The molecule has 1 aromatic rings. The SMILES string of the molecule is Cc1ncc(C(N)=O)c([AsH]CS(C)(=O)=O)n1. The number of rotatable bonds is 4. The van der Waals surface area contributed by atoms with Crippen LogP contribution in [-0.4, -0.2) is 50.8 Å². The van der Waals surface area contributed by atoms with E-state index >= 15 is 0 Å². The van der Waals surface area contributed by atoms with Gasteiger partial charge in [0, 0.05) is 0 Å². The van der Waals surface area contributed by atoms with Gasteiger partial charge in [-0.3, -0.25) is 0 Å². The Labute approximate surface area is 100 Å². The fourth-order valence-electron chi connectivity index (χ4n) is 0.985. The first kappa shape index (κ1) is 13.1. The average Bonchev–Trinajstić information content (AvgIpc) is 2.13. The molecule has 16 heavy (non-hydrogen) atoms. The van der Waals surface area contributed by atoms with Crippen LogP contribution >= 0.6 is 0 Å². The third kappa shape index (κ3) is 3.90. The zero-order valence-corrected chi connectivity index (χ0v) is 11.8. The van der Waals surface area contributed by atoms with Gasteiger partial charge in [-0.05, 0) is 0 Å². The molecule has 1 amide bonds. The molecule has 1 rings (SSSR count). The van der Waals surface area contributed by atoms with E-state index in [9.17, 15) is 13.2 Å². The number of hydrogen-bond acceptors (Lipinski definition) is 5. The van der Waals surface area contributed by atoms with Crippen LogP contribution in [0.5, 0.6) is 0 Å². The van der Waals surface area contributed by atoms with Crippen molar-refractivity contribution < 1.29 is 13.2 Å². The number of primary amides is 1. The number of amides is 1. The number of hydrogen-bond donors (Lipinski definition) is 1. The molecule has 0 saturated carbocycles. The Morgan fingerprint density at radius 1 is 1.56 bits per heavy atom. The number of carbonyl (C=O) groups excluding carboxylic acids is 1. The van der Waals surface area contributed by atoms with Gasteiger partial charge in [0.1, 0.15) is 0 Å². The van der Waals surface area contributed by atoms with E-state index in [1.165, 1.54) is 6.20 Å². The van der Waals surface area contributed by atoms with Crippen molar-refractivity contribution in [1.82, 2.24) is 9.97 Å². The van der Waals surface area contributed by atoms with Crippen molar-refractivity contribution in [2.24, 2.45) is 5.73 Å². The molecule has 0 spiro atoms. The standard InChI is InChI=1S/C8H12AsN3O3S/c1-5-11-3-6(8(10)13)7(12-5)9-4-16(2,14)15/h3,9H,4H2,1-2H3,(H2,10,13). The first-order valence-corrected chi connectivity index (χ1v) is 8.94. The number of aryl methyl sites for hydroxylation is 1. The quantitative estimate of drug-likeness (QED) is 0.645. The summed E-state index contributed by atoms with van der Waals surface area (Å²) in [6.45, 7) is 1.68. The maximum absolute atomic E-state index is 11.1. The molecule has 0 radical (unpaired) electrons. The fourth-order valence-corrected chi connectivity index (χ4v) is 5.19. The second-order valence-corrected chi connectivity index (χ2v) is 8.98. The molecule has 1 atom stereocenters. The summed E-state index contributed by atoms with van der Waals surface area (Å²) in [5, 5.41) is 0. The van der Waals surface area contributed by atoms with Crippen molar-refractivity contribution in [3.8, 4) is 0 Å². The van der Waals surface area contributed by atoms with Crippen LogP contribution in [0.1, 0.15) is 16.2 Å². The molecule has 0 saturated heterocycles. The van der Waals surface area contributed by atoms with Crippen LogP contribution in [0.15, 0.2) is 6.20 Å². The van der Waals surface area contributed by atoms with Crippen molar-refractivity contribution in [2.45, 2.75) is 6.92 Å². The number of sulfone groups is 1. The van der Waals surface area contributed by atoms with Gasteiger partial charge in [-0.15, -0.1) is 0 Å². The normalized spacial score (nSPS) is 12.1. The molecular formula is C8H12AsN3O3S. The minimum atomic E-state index is -3.03. The van der Waals surface area contributed by atoms with Crippen LogP contribution < -0.4 is 10.2 Å². The third-order valence-corrected chi connectivity index (χ3v) is 8.06. The van der Waals surface area contributed by atoms with Crippen molar-refractivity contribution in [3.05, 3.63) is 17.6 Å². The Morgan fingerprint density at radius 3 is 2.69 bits per heavy atom. The second kappa shape index (κ2) is 4.93. The molecule has 8 heteroatoms. The van der Waals surface area contributed by atoms with E-state index in [1.54, 1.807) is 6.92 Å². The van der Waals surface area contributed by atoms with Crippen LogP contribution in [0.3, 0.4) is 0 Å². The molecule has 0 aliphatic heterocycles. The number of nitrogens with two attached hydrogens (primary N) is 1. The molecule has 2 N–H and O–H groups in total. The molecule has 1 unspecified atom stereocenters. The first-order valence-electron chi connectivity index (χ1n) is 4.34. The molecular weight excluding hydrogens is 293 g/mol.